The summed E-state index contributed by atoms with van der Waals surface area (Å²) >= 11 is 6.30. The van der Waals surface area contributed by atoms with Crippen molar-refractivity contribution in [3.8, 4) is 0 Å². The zero-order valence-electron chi connectivity index (χ0n) is 11.5. The van der Waals surface area contributed by atoms with Gasteiger partial charge >= 0.3 is 0 Å². The summed E-state index contributed by atoms with van der Waals surface area (Å²) in [6, 6.07) is 0.356. The molecule has 0 spiro atoms. The molecule has 0 amide bonds. The standard InChI is InChI=1S/C13H23ClN4/c1-4-10-7-18(6-5-11(10)15)8-12-13(14)9(2)16-17(12)3/h10-11H,4-8,15H2,1-3H3. The molecule has 5 heteroatoms. The molecule has 0 saturated carbocycles. The van der Waals surface area contributed by atoms with Crippen molar-refractivity contribution in [1.82, 2.24) is 14.7 Å². The van der Waals surface area contributed by atoms with Gasteiger partial charge in [-0.25, -0.2) is 0 Å². The number of rotatable bonds is 3. The van der Waals surface area contributed by atoms with Crippen molar-refractivity contribution in [2.24, 2.45) is 18.7 Å². The van der Waals surface area contributed by atoms with Crippen molar-refractivity contribution in [3.05, 3.63) is 16.4 Å². The molecule has 1 saturated heterocycles. The Morgan fingerprint density at radius 2 is 2.22 bits per heavy atom. The lowest BCUT2D eigenvalue weighted by molar-refractivity contribution is 0.142. The van der Waals surface area contributed by atoms with E-state index in [0.29, 0.717) is 12.0 Å². The molecule has 2 unspecified atom stereocenters. The fourth-order valence-corrected chi connectivity index (χ4v) is 2.98. The predicted octanol–water partition coefficient (Wildman–Crippen LogP) is 1.94. The second kappa shape index (κ2) is 5.59. The summed E-state index contributed by atoms with van der Waals surface area (Å²) in [6.45, 7) is 7.16. The van der Waals surface area contributed by atoms with Crippen LogP contribution in [0.5, 0.6) is 0 Å². The normalized spacial score (nSPS) is 25.6. The lowest BCUT2D eigenvalue weighted by atomic mass is 9.90. The molecular formula is C13H23ClN4. The molecule has 18 heavy (non-hydrogen) atoms. The van der Waals surface area contributed by atoms with Crippen LogP contribution in [0.25, 0.3) is 0 Å². The molecule has 1 aromatic rings. The minimum atomic E-state index is 0.356. The van der Waals surface area contributed by atoms with E-state index in [2.05, 4.69) is 16.9 Å². The molecule has 2 heterocycles. The van der Waals surface area contributed by atoms with E-state index in [-0.39, 0.29) is 0 Å². The van der Waals surface area contributed by atoms with Gasteiger partial charge in [0.1, 0.15) is 0 Å². The molecule has 0 bridgehead atoms. The van der Waals surface area contributed by atoms with E-state index < -0.39 is 0 Å². The summed E-state index contributed by atoms with van der Waals surface area (Å²) in [5.74, 6) is 0.604. The van der Waals surface area contributed by atoms with Crippen molar-refractivity contribution in [3.63, 3.8) is 0 Å². The third-order valence-electron chi connectivity index (χ3n) is 4.04. The van der Waals surface area contributed by atoms with Gasteiger partial charge in [0.05, 0.1) is 16.4 Å². The van der Waals surface area contributed by atoms with Gasteiger partial charge in [-0.05, 0) is 19.3 Å². The fraction of sp³-hybridized carbons (Fsp3) is 0.769. The lowest BCUT2D eigenvalue weighted by Gasteiger charge is -2.36. The largest absolute Gasteiger partial charge is 0.327 e. The van der Waals surface area contributed by atoms with Gasteiger partial charge in [0.2, 0.25) is 0 Å². The van der Waals surface area contributed by atoms with Gasteiger partial charge in [-0.1, -0.05) is 24.9 Å². The molecule has 2 rings (SSSR count). The second-order valence-corrected chi connectivity index (χ2v) is 5.70. The first-order chi connectivity index (χ1) is 8.52. The Hall–Kier alpha value is -0.580. The smallest absolute Gasteiger partial charge is 0.0860 e. The molecule has 1 aliphatic rings. The number of piperidine rings is 1. The third-order valence-corrected chi connectivity index (χ3v) is 4.53. The van der Waals surface area contributed by atoms with Gasteiger partial charge in [0, 0.05) is 32.7 Å². The quantitative estimate of drug-likeness (QED) is 0.913. The molecule has 0 radical (unpaired) electrons. The van der Waals surface area contributed by atoms with Crippen LogP contribution in [-0.2, 0) is 13.6 Å². The Balaban J connectivity index is 2.05. The molecule has 102 valence electrons. The monoisotopic (exact) mass is 270 g/mol. The molecule has 4 nitrogen and oxygen atoms in total. The maximum Gasteiger partial charge on any atom is 0.0860 e. The molecule has 1 aromatic heterocycles. The summed E-state index contributed by atoms with van der Waals surface area (Å²) in [5, 5.41) is 5.17. The number of likely N-dealkylation sites (tertiary alicyclic amines) is 1. The van der Waals surface area contributed by atoms with Crippen molar-refractivity contribution in [2.45, 2.75) is 39.3 Å². The summed E-state index contributed by atoms with van der Waals surface area (Å²) in [7, 11) is 1.96. The van der Waals surface area contributed by atoms with Crippen molar-refractivity contribution >= 4 is 11.6 Å². The average molecular weight is 271 g/mol. The maximum absolute atomic E-state index is 6.30. The Morgan fingerprint density at radius 1 is 1.50 bits per heavy atom. The molecule has 0 aromatic carbocycles. The summed E-state index contributed by atoms with van der Waals surface area (Å²) in [6.07, 6.45) is 2.22. The first-order valence-electron chi connectivity index (χ1n) is 6.68. The van der Waals surface area contributed by atoms with Crippen LogP contribution in [-0.4, -0.2) is 33.8 Å². The highest BCUT2D eigenvalue weighted by molar-refractivity contribution is 6.31. The van der Waals surface area contributed by atoms with Gasteiger partial charge in [-0.2, -0.15) is 5.10 Å². The van der Waals surface area contributed by atoms with Crippen LogP contribution in [0.1, 0.15) is 31.2 Å². The first kappa shape index (κ1) is 13.8. The minimum absolute atomic E-state index is 0.356. The van der Waals surface area contributed by atoms with E-state index in [1.165, 1.54) is 0 Å². The number of aromatic nitrogens is 2. The van der Waals surface area contributed by atoms with Crippen LogP contribution < -0.4 is 5.73 Å². The van der Waals surface area contributed by atoms with Gasteiger partial charge in [-0.3, -0.25) is 9.58 Å². The first-order valence-corrected chi connectivity index (χ1v) is 7.06. The number of halogens is 1. The summed E-state index contributed by atoms with van der Waals surface area (Å²) in [5.41, 5.74) is 8.16. The van der Waals surface area contributed by atoms with Crippen LogP contribution >= 0.6 is 11.6 Å². The van der Waals surface area contributed by atoms with Crippen LogP contribution in [0.4, 0.5) is 0 Å². The number of nitrogens with zero attached hydrogens (tertiary/aromatic N) is 3. The van der Waals surface area contributed by atoms with Crippen molar-refractivity contribution in [2.75, 3.05) is 13.1 Å². The van der Waals surface area contributed by atoms with Crippen LogP contribution in [0.3, 0.4) is 0 Å². The van der Waals surface area contributed by atoms with E-state index in [1.54, 1.807) is 0 Å². The molecule has 2 atom stereocenters. The van der Waals surface area contributed by atoms with E-state index in [4.69, 9.17) is 17.3 Å². The molecule has 1 fully saturated rings. The summed E-state index contributed by atoms with van der Waals surface area (Å²) in [4.78, 5) is 2.44. The van der Waals surface area contributed by atoms with Gasteiger partial charge in [0.25, 0.3) is 0 Å². The van der Waals surface area contributed by atoms with E-state index in [9.17, 15) is 0 Å². The molecule has 0 aliphatic carbocycles. The zero-order valence-corrected chi connectivity index (χ0v) is 12.2. The lowest BCUT2D eigenvalue weighted by Crippen LogP contribution is -2.46. The molecule has 2 N–H and O–H groups in total. The predicted molar refractivity (Wildman–Crippen MR) is 74.6 cm³/mol. The third kappa shape index (κ3) is 2.71. The van der Waals surface area contributed by atoms with E-state index in [1.807, 2.05) is 18.7 Å². The highest BCUT2D eigenvalue weighted by atomic mass is 35.5. The highest BCUT2D eigenvalue weighted by Crippen LogP contribution is 2.24. The Labute approximate surface area is 114 Å². The van der Waals surface area contributed by atoms with Crippen LogP contribution in [0.2, 0.25) is 5.02 Å². The van der Waals surface area contributed by atoms with Crippen LogP contribution in [0, 0.1) is 12.8 Å². The number of hydrogen-bond acceptors (Lipinski definition) is 3. The molecular weight excluding hydrogens is 248 g/mol. The Kier molecular flexibility index (Phi) is 4.30. The summed E-state index contributed by atoms with van der Waals surface area (Å²) < 4.78 is 1.90. The molecule has 1 aliphatic heterocycles. The van der Waals surface area contributed by atoms with E-state index in [0.717, 1.165) is 48.9 Å². The second-order valence-electron chi connectivity index (χ2n) is 5.33. The van der Waals surface area contributed by atoms with E-state index >= 15 is 0 Å². The van der Waals surface area contributed by atoms with Gasteiger partial charge < -0.3 is 5.73 Å². The van der Waals surface area contributed by atoms with Crippen molar-refractivity contribution in [1.29, 1.82) is 0 Å². The zero-order chi connectivity index (χ0) is 13.3. The Bertz CT molecular complexity index is 415. The minimum Gasteiger partial charge on any atom is -0.327 e. The maximum atomic E-state index is 6.30. The Morgan fingerprint density at radius 3 is 2.78 bits per heavy atom. The van der Waals surface area contributed by atoms with Crippen molar-refractivity contribution < 1.29 is 0 Å². The van der Waals surface area contributed by atoms with Gasteiger partial charge in [0.15, 0.2) is 0 Å². The topological polar surface area (TPSA) is 47.1 Å². The average Bonchev–Trinajstić information content (AvgIpc) is 2.58. The van der Waals surface area contributed by atoms with Gasteiger partial charge in [-0.15, -0.1) is 0 Å². The van der Waals surface area contributed by atoms with Crippen LogP contribution in [0.15, 0.2) is 0 Å². The number of aryl methyl sites for hydroxylation is 2. The fourth-order valence-electron chi connectivity index (χ4n) is 2.76. The number of hydrogen-bond donors (Lipinski definition) is 1. The SMILES string of the molecule is CCC1CN(Cc2c(Cl)c(C)nn2C)CCC1N. The number of nitrogens with two attached hydrogens (primary N) is 1. The highest BCUT2D eigenvalue weighted by Gasteiger charge is 2.26.